The van der Waals surface area contributed by atoms with Crippen LogP contribution in [-0.4, -0.2) is 94.0 Å². The number of likely N-dealkylation sites (tertiary alicyclic amines) is 1. The number of anilines is 1. The van der Waals surface area contributed by atoms with E-state index in [2.05, 4.69) is 20.0 Å². The van der Waals surface area contributed by atoms with Crippen molar-refractivity contribution < 1.29 is 50.9 Å². The molecule has 2 atom stereocenters. The van der Waals surface area contributed by atoms with E-state index in [4.69, 9.17) is 24.5 Å². The van der Waals surface area contributed by atoms with Crippen molar-refractivity contribution in [2.45, 2.75) is 63.0 Å². The summed E-state index contributed by atoms with van der Waals surface area (Å²) in [5.41, 5.74) is 0.0606. The number of hydrogen-bond acceptors (Lipinski definition) is 8. The molecule has 1 aromatic heterocycles. The lowest BCUT2D eigenvalue weighted by molar-refractivity contribution is -0.193. The second-order valence-corrected chi connectivity index (χ2v) is 9.46. The van der Waals surface area contributed by atoms with Crippen LogP contribution in [0.4, 0.5) is 31.5 Å². The number of carboxylic acid groups (broad SMARTS) is 2. The van der Waals surface area contributed by atoms with E-state index in [0.717, 1.165) is 42.3 Å². The lowest BCUT2D eigenvalue weighted by Crippen LogP contribution is -2.49. The minimum absolute atomic E-state index is 0.0606. The highest BCUT2D eigenvalue weighted by molar-refractivity contribution is 7.15. The Labute approximate surface area is 200 Å². The first kappa shape index (κ1) is 29.0. The Kier molecular flexibility index (Phi) is 9.70. The molecule has 1 spiro atoms. The van der Waals surface area contributed by atoms with Crippen LogP contribution in [0.15, 0.2) is 0 Å². The number of rotatable bonds is 2. The van der Waals surface area contributed by atoms with E-state index in [1.807, 2.05) is 6.92 Å². The highest BCUT2D eigenvalue weighted by Crippen LogP contribution is 2.39. The van der Waals surface area contributed by atoms with Crippen molar-refractivity contribution in [3.8, 4) is 0 Å². The molecule has 3 fully saturated rings. The standard InChI is InChI=1S/C15H24N4OS.2C2HF3O2/c1-12-16-17-14(21-12)19-8-5-15(11-19)10-13(4-9-20-15)18-6-2-3-7-18;2*3-2(4,5)1(6)7/h13H,2-11H2,1H3;2*(H,6,7)/t13-,15+;;/m0../s1. The first-order chi connectivity index (χ1) is 16.1. The van der Waals surface area contributed by atoms with Gasteiger partial charge in [0.2, 0.25) is 5.13 Å². The number of halogens is 6. The molecule has 0 saturated carbocycles. The molecule has 0 unspecified atom stereocenters. The Hall–Kier alpha value is -2.20. The second kappa shape index (κ2) is 11.7. The number of carboxylic acids is 2. The summed E-state index contributed by atoms with van der Waals surface area (Å²) >= 11 is 1.70. The van der Waals surface area contributed by atoms with E-state index in [9.17, 15) is 26.3 Å². The lowest BCUT2D eigenvalue weighted by atomic mass is 9.89. The van der Waals surface area contributed by atoms with E-state index in [1.165, 1.54) is 38.8 Å². The van der Waals surface area contributed by atoms with Crippen molar-refractivity contribution in [3.05, 3.63) is 5.01 Å². The number of aromatic nitrogens is 2. The van der Waals surface area contributed by atoms with Gasteiger partial charge in [-0.3, -0.25) is 0 Å². The lowest BCUT2D eigenvalue weighted by Gasteiger charge is -2.41. The Morgan fingerprint density at radius 1 is 1.03 bits per heavy atom. The molecular weight excluding hydrogens is 510 g/mol. The fraction of sp³-hybridized carbons (Fsp3) is 0.789. The van der Waals surface area contributed by atoms with E-state index in [-0.39, 0.29) is 5.60 Å². The Morgan fingerprint density at radius 2 is 1.57 bits per heavy atom. The number of aliphatic carboxylic acids is 2. The van der Waals surface area contributed by atoms with Gasteiger partial charge in [-0.25, -0.2) is 9.59 Å². The predicted octanol–water partition coefficient (Wildman–Crippen LogP) is 3.34. The third kappa shape index (κ3) is 8.75. The molecule has 0 amide bonds. The molecule has 2 N–H and O–H groups in total. The number of nitrogens with zero attached hydrogens (tertiary/aromatic N) is 4. The molecule has 4 heterocycles. The molecular formula is C19H26F6N4O5S. The Balaban J connectivity index is 0.000000257. The number of carbonyl (C=O) groups is 2. The Bertz CT molecular complexity index is 838. The molecule has 3 aliphatic heterocycles. The number of hydrogen-bond donors (Lipinski definition) is 2. The SMILES string of the molecule is Cc1nnc(N2CC[C@@]3(C[C@@H](N4CCCC4)CCO3)C2)s1.O=C(O)C(F)(F)F.O=C(O)C(F)(F)F. The molecule has 0 aliphatic carbocycles. The molecule has 0 radical (unpaired) electrons. The maximum Gasteiger partial charge on any atom is 0.490 e. The summed E-state index contributed by atoms with van der Waals surface area (Å²) in [6.45, 7) is 7.57. The number of ether oxygens (including phenoxy) is 1. The number of alkyl halides is 6. The average Bonchev–Trinajstić information content (AvgIpc) is 3.49. The van der Waals surface area contributed by atoms with E-state index >= 15 is 0 Å². The molecule has 9 nitrogen and oxygen atoms in total. The van der Waals surface area contributed by atoms with Crippen molar-refractivity contribution in [2.75, 3.05) is 37.7 Å². The molecule has 16 heteroatoms. The van der Waals surface area contributed by atoms with Crippen LogP contribution in [0.1, 0.15) is 37.1 Å². The highest BCUT2D eigenvalue weighted by atomic mass is 32.1. The van der Waals surface area contributed by atoms with Crippen molar-refractivity contribution in [1.29, 1.82) is 0 Å². The van der Waals surface area contributed by atoms with Crippen LogP contribution in [0.2, 0.25) is 0 Å². The highest BCUT2D eigenvalue weighted by Gasteiger charge is 2.45. The van der Waals surface area contributed by atoms with Gasteiger partial charge in [0.1, 0.15) is 5.01 Å². The van der Waals surface area contributed by atoms with Gasteiger partial charge in [0, 0.05) is 25.7 Å². The van der Waals surface area contributed by atoms with Crippen molar-refractivity contribution in [3.63, 3.8) is 0 Å². The monoisotopic (exact) mass is 536 g/mol. The molecule has 3 aliphatic rings. The van der Waals surface area contributed by atoms with Gasteiger partial charge in [-0.1, -0.05) is 11.3 Å². The van der Waals surface area contributed by atoms with Crippen molar-refractivity contribution in [1.82, 2.24) is 15.1 Å². The van der Waals surface area contributed by atoms with E-state index in [0.29, 0.717) is 0 Å². The Morgan fingerprint density at radius 3 is 2.03 bits per heavy atom. The topological polar surface area (TPSA) is 116 Å². The molecule has 1 aromatic rings. The predicted molar refractivity (Wildman–Crippen MR) is 111 cm³/mol. The zero-order chi connectivity index (χ0) is 26.4. The minimum atomic E-state index is -5.08. The fourth-order valence-electron chi connectivity index (χ4n) is 4.13. The van der Waals surface area contributed by atoms with Gasteiger partial charge in [0.05, 0.1) is 5.60 Å². The van der Waals surface area contributed by atoms with Crippen LogP contribution in [-0.2, 0) is 14.3 Å². The number of aryl methyl sites for hydroxylation is 1. The van der Waals surface area contributed by atoms with Crippen LogP contribution < -0.4 is 4.90 Å². The van der Waals surface area contributed by atoms with Gasteiger partial charge in [-0.15, -0.1) is 10.2 Å². The molecule has 0 bridgehead atoms. The van der Waals surface area contributed by atoms with Gasteiger partial charge in [0.15, 0.2) is 0 Å². The third-order valence-corrected chi connectivity index (χ3v) is 6.61. The second-order valence-electron chi connectivity index (χ2n) is 8.30. The van der Waals surface area contributed by atoms with Crippen LogP contribution in [0.3, 0.4) is 0 Å². The van der Waals surface area contributed by atoms with Crippen LogP contribution in [0.5, 0.6) is 0 Å². The zero-order valence-corrected chi connectivity index (χ0v) is 19.5. The van der Waals surface area contributed by atoms with Gasteiger partial charge in [-0.2, -0.15) is 26.3 Å². The normalized spacial score (nSPS) is 25.0. The summed E-state index contributed by atoms with van der Waals surface area (Å²) in [5, 5.41) is 24.8. The summed E-state index contributed by atoms with van der Waals surface area (Å²) in [6.07, 6.45) is -3.88. The quantitative estimate of drug-likeness (QED) is 0.549. The minimum Gasteiger partial charge on any atom is -0.475 e. The molecule has 3 saturated heterocycles. The summed E-state index contributed by atoms with van der Waals surface area (Å²) in [7, 11) is 0. The maximum atomic E-state index is 10.6. The third-order valence-electron chi connectivity index (χ3n) is 5.71. The van der Waals surface area contributed by atoms with Gasteiger partial charge >= 0.3 is 24.3 Å². The van der Waals surface area contributed by atoms with Crippen LogP contribution in [0, 0.1) is 6.92 Å². The molecule has 200 valence electrons. The molecule has 4 rings (SSSR count). The van der Waals surface area contributed by atoms with Crippen LogP contribution in [0.25, 0.3) is 0 Å². The van der Waals surface area contributed by atoms with Crippen molar-refractivity contribution in [2.24, 2.45) is 0 Å². The first-order valence-corrected chi connectivity index (χ1v) is 11.5. The van der Waals surface area contributed by atoms with Gasteiger partial charge in [-0.05, 0) is 52.1 Å². The maximum absolute atomic E-state index is 10.6. The van der Waals surface area contributed by atoms with E-state index < -0.39 is 24.3 Å². The summed E-state index contributed by atoms with van der Waals surface area (Å²) in [4.78, 5) is 22.9. The van der Waals surface area contributed by atoms with Crippen molar-refractivity contribution >= 4 is 28.4 Å². The van der Waals surface area contributed by atoms with Gasteiger partial charge in [0.25, 0.3) is 0 Å². The molecule has 0 aromatic carbocycles. The fourth-order valence-corrected chi connectivity index (χ4v) is 4.84. The summed E-state index contributed by atoms with van der Waals surface area (Å²) in [5.74, 6) is -5.51. The van der Waals surface area contributed by atoms with Crippen LogP contribution >= 0.6 is 11.3 Å². The molecule has 35 heavy (non-hydrogen) atoms. The summed E-state index contributed by atoms with van der Waals surface area (Å²) in [6, 6.07) is 0.734. The van der Waals surface area contributed by atoms with E-state index in [1.54, 1.807) is 11.3 Å². The smallest absolute Gasteiger partial charge is 0.475 e. The summed E-state index contributed by atoms with van der Waals surface area (Å²) < 4.78 is 69.7. The first-order valence-electron chi connectivity index (χ1n) is 10.7. The average molecular weight is 536 g/mol. The zero-order valence-electron chi connectivity index (χ0n) is 18.7. The van der Waals surface area contributed by atoms with Gasteiger partial charge < -0.3 is 24.7 Å². The largest absolute Gasteiger partial charge is 0.490 e.